The van der Waals surface area contributed by atoms with Crippen LogP contribution in [0.4, 0.5) is 0 Å². The van der Waals surface area contributed by atoms with Gasteiger partial charge in [0.05, 0.1) is 6.04 Å². The number of aromatic nitrogens is 2. The Kier molecular flexibility index (Phi) is 3.85. The Morgan fingerprint density at radius 2 is 2.04 bits per heavy atom. The minimum atomic E-state index is -3.78. The maximum absolute atomic E-state index is 13.2. The average Bonchev–Trinajstić information content (AvgIpc) is 3.19. The van der Waals surface area contributed by atoms with Gasteiger partial charge in [-0.15, -0.1) is 0 Å². The lowest BCUT2D eigenvalue weighted by molar-refractivity contribution is 0.296. The molecule has 0 unspecified atom stereocenters. The lowest BCUT2D eigenvalue weighted by atomic mass is 10.1. The number of fused-ring (bicyclic) bond motifs is 1. The van der Waals surface area contributed by atoms with Gasteiger partial charge in [-0.2, -0.15) is 9.29 Å². The van der Waals surface area contributed by atoms with Gasteiger partial charge in [-0.3, -0.25) is 0 Å². The number of sulfonamides is 1. The van der Waals surface area contributed by atoms with Gasteiger partial charge < -0.3 is 8.94 Å². The van der Waals surface area contributed by atoms with Crippen molar-refractivity contribution in [1.82, 2.24) is 14.4 Å². The quantitative estimate of drug-likeness (QED) is 0.723. The van der Waals surface area contributed by atoms with Gasteiger partial charge in [0.15, 0.2) is 5.82 Å². The minimum absolute atomic E-state index is 0.0425. The Morgan fingerprint density at radius 3 is 2.83 bits per heavy atom. The van der Waals surface area contributed by atoms with Crippen molar-refractivity contribution in [1.29, 1.82) is 0 Å². The molecule has 0 aliphatic carbocycles. The van der Waals surface area contributed by atoms with Crippen molar-refractivity contribution in [3.05, 3.63) is 42.5 Å². The summed E-state index contributed by atoms with van der Waals surface area (Å²) in [5, 5.41) is 4.58. The Hall–Kier alpha value is -2.19. The van der Waals surface area contributed by atoms with E-state index in [2.05, 4.69) is 10.1 Å². The molecular weight excluding hydrogens is 330 g/mol. The zero-order valence-electron chi connectivity index (χ0n) is 13.0. The molecule has 1 aliphatic rings. The fourth-order valence-electron chi connectivity index (χ4n) is 3.15. The fourth-order valence-corrected chi connectivity index (χ4v) is 4.76. The lowest BCUT2D eigenvalue weighted by Crippen LogP contribution is -2.35. The van der Waals surface area contributed by atoms with Crippen LogP contribution >= 0.6 is 0 Å². The SMILES string of the molecule is O=S(=O)(c1cc2ccccc2o1)N1CCCCC[C@@H]1c1ncon1. The summed E-state index contributed by atoms with van der Waals surface area (Å²) in [5.74, 6) is 0.400. The standard InChI is InChI=1S/C16H17N3O4S/c20-24(21,15-10-12-6-3-4-8-14(12)23-15)19-9-5-1-2-7-13(19)16-17-11-22-18-16/h3-4,6,8,10-11,13H,1-2,5,7,9H2/t13-/m1/s1. The maximum Gasteiger partial charge on any atom is 0.277 e. The molecule has 24 heavy (non-hydrogen) atoms. The molecule has 0 saturated carbocycles. The number of nitrogens with zero attached hydrogens (tertiary/aromatic N) is 3. The van der Waals surface area contributed by atoms with Crippen LogP contribution in [0.15, 0.2) is 50.8 Å². The van der Waals surface area contributed by atoms with E-state index in [1.807, 2.05) is 18.2 Å². The molecular formula is C16H17N3O4S. The lowest BCUT2D eigenvalue weighted by Gasteiger charge is -2.25. The Balaban J connectivity index is 1.77. The second-order valence-corrected chi connectivity index (χ2v) is 7.70. The number of furan rings is 1. The third-order valence-corrected chi connectivity index (χ3v) is 6.11. The van der Waals surface area contributed by atoms with Crippen LogP contribution in [0, 0.1) is 0 Å². The number of rotatable bonds is 3. The molecule has 1 aromatic carbocycles. The van der Waals surface area contributed by atoms with Crippen LogP contribution in [0.25, 0.3) is 11.0 Å². The van der Waals surface area contributed by atoms with Gasteiger partial charge in [0.25, 0.3) is 10.0 Å². The molecule has 0 bridgehead atoms. The summed E-state index contributed by atoms with van der Waals surface area (Å²) < 4.78 is 38.2. The van der Waals surface area contributed by atoms with Gasteiger partial charge in [0.1, 0.15) is 5.58 Å². The summed E-state index contributed by atoms with van der Waals surface area (Å²) in [4.78, 5) is 4.07. The average molecular weight is 347 g/mol. The molecule has 1 fully saturated rings. The van der Waals surface area contributed by atoms with Crippen LogP contribution in [0.5, 0.6) is 0 Å². The first-order valence-corrected chi connectivity index (χ1v) is 9.37. The zero-order valence-corrected chi connectivity index (χ0v) is 13.8. The highest BCUT2D eigenvalue weighted by molar-refractivity contribution is 7.89. The molecule has 1 saturated heterocycles. The predicted molar refractivity (Wildman–Crippen MR) is 85.6 cm³/mol. The highest BCUT2D eigenvalue weighted by Gasteiger charge is 2.37. The van der Waals surface area contributed by atoms with Crippen molar-refractivity contribution in [2.24, 2.45) is 0 Å². The van der Waals surface area contributed by atoms with Crippen molar-refractivity contribution in [2.45, 2.75) is 36.8 Å². The second kappa shape index (κ2) is 6.03. The Morgan fingerprint density at radius 1 is 1.17 bits per heavy atom. The molecule has 0 amide bonds. The summed E-state index contributed by atoms with van der Waals surface area (Å²) in [6.07, 6.45) is 4.59. The number of hydrogen-bond donors (Lipinski definition) is 0. The molecule has 8 heteroatoms. The summed E-state index contributed by atoms with van der Waals surface area (Å²) in [7, 11) is -3.78. The highest BCUT2D eigenvalue weighted by Crippen LogP contribution is 2.34. The molecule has 7 nitrogen and oxygen atoms in total. The molecule has 0 N–H and O–H groups in total. The van der Waals surface area contributed by atoms with Gasteiger partial charge in [-0.05, 0) is 18.9 Å². The van der Waals surface area contributed by atoms with Gasteiger partial charge in [0, 0.05) is 18.0 Å². The third kappa shape index (κ3) is 2.61. The smallest absolute Gasteiger partial charge is 0.277 e. The third-order valence-electron chi connectivity index (χ3n) is 4.35. The van der Waals surface area contributed by atoms with Crippen molar-refractivity contribution < 1.29 is 17.4 Å². The van der Waals surface area contributed by atoms with Gasteiger partial charge in [-0.1, -0.05) is 36.2 Å². The second-order valence-electron chi connectivity index (χ2n) is 5.87. The maximum atomic E-state index is 13.2. The summed E-state index contributed by atoms with van der Waals surface area (Å²) in [5.41, 5.74) is 0.557. The highest BCUT2D eigenvalue weighted by atomic mass is 32.2. The van der Waals surface area contributed by atoms with Gasteiger partial charge in [-0.25, -0.2) is 8.42 Å². The largest absolute Gasteiger partial charge is 0.443 e. The predicted octanol–water partition coefficient (Wildman–Crippen LogP) is 3.12. The van der Waals surface area contributed by atoms with E-state index in [1.165, 1.54) is 10.7 Å². The van der Waals surface area contributed by atoms with Crippen LogP contribution in [-0.4, -0.2) is 29.4 Å². The van der Waals surface area contributed by atoms with E-state index in [-0.39, 0.29) is 5.09 Å². The molecule has 0 radical (unpaired) electrons. The van der Waals surface area contributed by atoms with Crippen LogP contribution in [-0.2, 0) is 10.0 Å². The normalized spacial score (nSPS) is 20.2. The van der Waals surface area contributed by atoms with Crippen molar-refractivity contribution in [3.8, 4) is 0 Å². The fraction of sp³-hybridized carbons (Fsp3) is 0.375. The van der Waals surface area contributed by atoms with Crippen LogP contribution in [0.3, 0.4) is 0 Å². The number of hydrogen-bond acceptors (Lipinski definition) is 6. The van der Waals surface area contributed by atoms with Crippen LogP contribution in [0.2, 0.25) is 0 Å². The van der Waals surface area contributed by atoms with Crippen molar-refractivity contribution >= 4 is 21.0 Å². The van der Waals surface area contributed by atoms with Crippen molar-refractivity contribution in [2.75, 3.05) is 6.54 Å². The molecule has 1 aliphatic heterocycles. The van der Waals surface area contributed by atoms with E-state index in [9.17, 15) is 8.42 Å². The van der Waals surface area contributed by atoms with E-state index in [0.717, 1.165) is 24.6 Å². The van der Waals surface area contributed by atoms with Crippen LogP contribution in [0.1, 0.15) is 37.5 Å². The summed E-state index contributed by atoms with van der Waals surface area (Å²) >= 11 is 0. The van der Waals surface area contributed by atoms with Crippen LogP contribution < -0.4 is 0 Å². The molecule has 3 aromatic rings. The van der Waals surface area contributed by atoms with E-state index in [0.29, 0.717) is 24.4 Å². The number of benzene rings is 1. The first-order valence-electron chi connectivity index (χ1n) is 7.93. The molecule has 126 valence electrons. The first kappa shape index (κ1) is 15.3. The minimum Gasteiger partial charge on any atom is -0.443 e. The molecule has 1 atom stereocenters. The Bertz CT molecular complexity index is 900. The zero-order chi connectivity index (χ0) is 16.6. The molecule has 3 heterocycles. The van der Waals surface area contributed by atoms with E-state index < -0.39 is 16.1 Å². The van der Waals surface area contributed by atoms with E-state index in [4.69, 9.17) is 8.94 Å². The monoisotopic (exact) mass is 347 g/mol. The van der Waals surface area contributed by atoms with E-state index >= 15 is 0 Å². The first-order chi connectivity index (χ1) is 11.7. The summed E-state index contributed by atoms with van der Waals surface area (Å²) in [6.45, 7) is 0.415. The number of para-hydroxylation sites is 1. The van der Waals surface area contributed by atoms with Gasteiger partial charge in [0.2, 0.25) is 11.5 Å². The molecule has 2 aromatic heterocycles. The summed E-state index contributed by atoms with van der Waals surface area (Å²) in [6, 6.07) is 8.40. The molecule has 4 rings (SSSR count). The van der Waals surface area contributed by atoms with E-state index in [1.54, 1.807) is 12.1 Å². The Labute approximate surface area is 139 Å². The molecule has 0 spiro atoms. The van der Waals surface area contributed by atoms with Crippen molar-refractivity contribution in [3.63, 3.8) is 0 Å². The van der Waals surface area contributed by atoms with Gasteiger partial charge >= 0.3 is 0 Å². The topological polar surface area (TPSA) is 89.4 Å².